The third-order valence-corrected chi connectivity index (χ3v) is 5.26. The first-order valence-electron chi connectivity index (χ1n) is 11.0. The van der Waals surface area contributed by atoms with Crippen LogP contribution in [0.3, 0.4) is 0 Å². The number of hydrogen-bond acceptors (Lipinski definition) is 9. The Kier molecular flexibility index (Phi) is 7.56. The number of nitrogens with zero attached hydrogens (tertiary/aromatic N) is 4. The number of aromatic nitrogens is 5. The van der Waals surface area contributed by atoms with Crippen molar-refractivity contribution in [1.82, 2.24) is 25.0 Å². The van der Waals surface area contributed by atoms with Crippen molar-refractivity contribution in [3.05, 3.63) is 88.2 Å². The summed E-state index contributed by atoms with van der Waals surface area (Å²) in [7, 11) is 3.15. The summed E-state index contributed by atoms with van der Waals surface area (Å²) in [6, 6.07) is 15.2. The Morgan fingerprint density at radius 2 is 1.94 bits per heavy atom. The highest BCUT2D eigenvalue weighted by molar-refractivity contribution is 5.95. The Labute approximate surface area is 206 Å². The van der Waals surface area contributed by atoms with Gasteiger partial charge in [0.15, 0.2) is 23.1 Å². The molecular weight excluding hydrogens is 464 g/mol. The molecule has 12 nitrogen and oxygen atoms in total. The van der Waals surface area contributed by atoms with E-state index in [0.717, 1.165) is 15.9 Å². The largest absolute Gasteiger partial charge is 0.493 e. The molecule has 2 heterocycles. The Morgan fingerprint density at radius 3 is 2.61 bits per heavy atom. The summed E-state index contributed by atoms with van der Waals surface area (Å²) < 4.78 is 17.5. The average Bonchev–Trinajstić information content (AvgIpc) is 3.29. The quantitative estimate of drug-likeness (QED) is 0.139. The van der Waals surface area contributed by atoms with E-state index in [4.69, 9.17) is 25.4 Å². The molecule has 5 N–H and O–H groups in total. The molecule has 0 radical (unpaired) electrons. The van der Waals surface area contributed by atoms with Crippen LogP contribution in [0.15, 0.2) is 65.6 Å². The minimum Gasteiger partial charge on any atom is -0.493 e. The number of amidine groups is 1. The van der Waals surface area contributed by atoms with Crippen molar-refractivity contribution in [2.45, 2.75) is 6.04 Å². The molecule has 36 heavy (non-hydrogen) atoms. The summed E-state index contributed by atoms with van der Waals surface area (Å²) in [5.74, 6) is 1.67. The third-order valence-electron chi connectivity index (χ3n) is 5.26. The highest BCUT2D eigenvalue weighted by Gasteiger charge is 2.22. The minimum absolute atomic E-state index is 0.0288. The van der Waals surface area contributed by atoms with Crippen molar-refractivity contribution < 1.29 is 14.2 Å². The maximum absolute atomic E-state index is 12.7. The van der Waals surface area contributed by atoms with Crippen LogP contribution < -0.4 is 26.2 Å². The normalized spacial score (nSPS) is 11.6. The molecular formula is C24H26N8O4. The molecule has 0 fully saturated rings. The number of nitrogens with one attached hydrogen (secondary N) is 3. The first-order valence-corrected chi connectivity index (χ1v) is 11.0. The van der Waals surface area contributed by atoms with E-state index >= 15 is 0 Å². The number of nitrogens with two attached hydrogens (primary N) is 1. The maximum Gasteiger partial charge on any atom is 0.349 e. The first kappa shape index (κ1) is 24.4. The number of anilines is 1. The van der Waals surface area contributed by atoms with Crippen LogP contribution in [0.2, 0.25) is 0 Å². The van der Waals surface area contributed by atoms with Gasteiger partial charge in [-0.3, -0.25) is 10.4 Å². The van der Waals surface area contributed by atoms with Gasteiger partial charge >= 0.3 is 5.69 Å². The summed E-state index contributed by atoms with van der Waals surface area (Å²) in [5, 5.41) is 23.3. The lowest BCUT2D eigenvalue weighted by molar-refractivity contribution is 0.144. The zero-order valence-electron chi connectivity index (χ0n) is 19.8. The van der Waals surface area contributed by atoms with Gasteiger partial charge in [-0.15, -0.1) is 10.2 Å². The zero-order valence-corrected chi connectivity index (χ0v) is 19.8. The number of benzene rings is 2. The van der Waals surface area contributed by atoms with Crippen LogP contribution >= 0.6 is 0 Å². The van der Waals surface area contributed by atoms with Crippen molar-refractivity contribution in [3.63, 3.8) is 0 Å². The Morgan fingerprint density at radius 1 is 1.14 bits per heavy atom. The summed E-state index contributed by atoms with van der Waals surface area (Å²) >= 11 is 0. The molecule has 2 aromatic carbocycles. The lowest BCUT2D eigenvalue weighted by atomic mass is 10.0. The molecule has 0 saturated carbocycles. The molecule has 4 aromatic rings. The molecule has 0 saturated heterocycles. The second-order valence-corrected chi connectivity index (χ2v) is 7.63. The average molecular weight is 491 g/mol. The number of nitrogen functional groups attached to an aromatic ring is 1. The minimum atomic E-state index is -0.583. The van der Waals surface area contributed by atoms with E-state index in [0.29, 0.717) is 36.1 Å². The van der Waals surface area contributed by atoms with Crippen LogP contribution in [-0.4, -0.2) is 58.2 Å². The number of aromatic amines is 1. The molecule has 186 valence electrons. The lowest BCUT2D eigenvalue weighted by Gasteiger charge is -2.20. The van der Waals surface area contributed by atoms with Crippen molar-refractivity contribution in [1.29, 1.82) is 5.41 Å². The molecule has 0 amide bonds. The van der Waals surface area contributed by atoms with E-state index in [-0.39, 0.29) is 11.7 Å². The van der Waals surface area contributed by atoms with Crippen molar-refractivity contribution in [2.24, 2.45) is 5.73 Å². The summed E-state index contributed by atoms with van der Waals surface area (Å²) in [5.41, 5.74) is 7.18. The maximum atomic E-state index is 12.7. The van der Waals surface area contributed by atoms with Crippen LogP contribution in [-0.2, 0) is 4.74 Å². The van der Waals surface area contributed by atoms with Crippen LogP contribution in [0.5, 0.6) is 11.5 Å². The van der Waals surface area contributed by atoms with Gasteiger partial charge < -0.3 is 25.3 Å². The molecule has 4 rings (SSSR count). The van der Waals surface area contributed by atoms with Gasteiger partial charge in [0.25, 0.3) is 0 Å². The molecule has 0 bridgehead atoms. The van der Waals surface area contributed by atoms with Gasteiger partial charge in [-0.1, -0.05) is 6.07 Å². The Bertz CT molecular complexity index is 1370. The number of methoxy groups -OCH3 is 2. The highest BCUT2D eigenvalue weighted by atomic mass is 16.5. The van der Waals surface area contributed by atoms with E-state index in [1.54, 1.807) is 56.7 Å². The molecule has 0 aliphatic carbocycles. The second kappa shape index (κ2) is 11.1. The summed E-state index contributed by atoms with van der Waals surface area (Å²) in [4.78, 5) is 15.5. The fourth-order valence-electron chi connectivity index (χ4n) is 3.47. The van der Waals surface area contributed by atoms with Crippen LogP contribution in [0.1, 0.15) is 23.0 Å². The monoisotopic (exact) mass is 490 g/mol. The van der Waals surface area contributed by atoms with Crippen LogP contribution in [0.4, 0.5) is 5.69 Å². The van der Waals surface area contributed by atoms with E-state index in [1.165, 1.54) is 6.20 Å². The summed E-state index contributed by atoms with van der Waals surface area (Å²) in [6.45, 7) is 0.804. The molecule has 0 aliphatic rings. The number of hydrogen-bond donors (Lipinski definition) is 4. The molecule has 12 heteroatoms. The van der Waals surface area contributed by atoms with Gasteiger partial charge in [0.05, 0.1) is 13.7 Å². The fraction of sp³-hybridized carbons (Fsp3) is 0.208. The van der Waals surface area contributed by atoms with Crippen LogP contribution in [0.25, 0.3) is 5.82 Å². The van der Waals surface area contributed by atoms with Crippen molar-refractivity contribution >= 4 is 11.5 Å². The number of rotatable bonds is 11. The van der Waals surface area contributed by atoms with Crippen LogP contribution in [0, 0.1) is 5.41 Å². The van der Waals surface area contributed by atoms with E-state index < -0.39 is 11.7 Å². The number of H-pyrrole nitrogens is 1. The predicted molar refractivity (Wildman–Crippen MR) is 133 cm³/mol. The second-order valence-electron chi connectivity index (χ2n) is 7.63. The fourth-order valence-corrected chi connectivity index (χ4v) is 3.47. The van der Waals surface area contributed by atoms with Gasteiger partial charge in [-0.2, -0.15) is 9.78 Å². The molecule has 1 atom stereocenters. The van der Waals surface area contributed by atoms with Gasteiger partial charge in [0.1, 0.15) is 18.5 Å². The Hall–Kier alpha value is -4.71. The molecule has 0 aliphatic heterocycles. The number of ether oxygens (including phenoxy) is 3. The predicted octanol–water partition coefficient (Wildman–Crippen LogP) is 1.87. The van der Waals surface area contributed by atoms with E-state index in [9.17, 15) is 4.79 Å². The zero-order chi connectivity index (χ0) is 25.5. The van der Waals surface area contributed by atoms with Crippen molar-refractivity contribution in [2.75, 3.05) is 32.8 Å². The smallest absolute Gasteiger partial charge is 0.349 e. The SMILES string of the molecule is COCCOc1ccc([C@H](Nc2ccc(C(=N)N)cc2)c2nn(-c3cccnn3)c(=O)[nH]2)cc1OC. The van der Waals surface area contributed by atoms with Crippen molar-refractivity contribution in [3.8, 4) is 17.3 Å². The molecule has 0 spiro atoms. The lowest BCUT2D eigenvalue weighted by Crippen LogP contribution is -2.17. The highest BCUT2D eigenvalue weighted by Crippen LogP contribution is 2.33. The summed E-state index contributed by atoms with van der Waals surface area (Å²) in [6.07, 6.45) is 1.51. The topological polar surface area (TPSA) is 166 Å². The van der Waals surface area contributed by atoms with Gasteiger partial charge in [-0.25, -0.2) is 4.79 Å². The standard InChI is InChI=1S/C24H26N8O4/c1-34-12-13-36-18-10-7-16(14-19(18)35-2)21(28-17-8-5-15(6-9-17)22(25)26)23-29-24(33)32(31-23)20-4-3-11-27-30-20/h3-11,14,21,28H,12-13H2,1-2H3,(H3,25,26)(H,29,31,33)/t21-/m0/s1. The van der Waals surface area contributed by atoms with Gasteiger partial charge in [-0.05, 0) is 54.1 Å². The van der Waals surface area contributed by atoms with Gasteiger partial charge in [0.2, 0.25) is 0 Å². The van der Waals surface area contributed by atoms with E-state index in [1.807, 2.05) is 12.1 Å². The Balaban J connectivity index is 1.73. The molecule has 0 unspecified atom stereocenters. The first-order chi connectivity index (χ1) is 17.5. The van der Waals surface area contributed by atoms with Gasteiger partial charge in [0, 0.05) is 24.6 Å². The third kappa shape index (κ3) is 5.50. The molecule has 2 aromatic heterocycles. The van der Waals surface area contributed by atoms with E-state index in [2.05, 4.69) is 25.6 Å².